The first-order chi connectivity index (χ1) is 12.1. The molecule has 0 unspecified atom stereocenters. The first kappa shape index (κ1) is 16.1. The zero-order valence-electron chi connectivity index (χ0n) is 14.9. The van der Waals surface area contributed by atoms with Crippen LogP contribution in [-0.2, 0) is 4.79 Å². The van der Waals surface area contributed by atoms with E-state index in [0.717, 1.165) is 55.6 Å². The average molecular weight is 340 g/mol. The van der Waals surface area contributed by atoms with Gasteiger partial charge in [0.05, 0.1) is 5.69 Å². The van der Waals surface area contributed by atoms with E-state index >= 15 is 0 Å². The number of nitrogens with zero attached hydrogens (tertiary/aromatic N) is 6. The molecule has 2 aromatic heterocycles. The van der Waals surface area contributed by atoms with Crippen molar-refractivity contribution in [3.05, 3.63) is 29.8 Å². The van der Waals surface area contributed by atoms with E-state index in [9.17, 15) is 4.79 Å². The summed E-state index contributed by atoms with van der Waals surface area (Å²) in [5.41, 5.74) is 2.03. The van der Waals surface area contributed by atoms with Crippen molar-refractivity contribution in [3.8, 4) is 5.82 Å². The molecule has 0 spiro atoms. The van der Waals surface area contributed by atoms with Crippen molar-refractivity contribution in [1.82, 2.24) is 24.6 Å². The quantitative estimate of drug-likeness (QED) is 0.848. The highest BCUT2D eigenvalue weighted by Crippen LogP contribution is 2.33. The summed E-state index contributed by atoms with van der Waals surface area (Å²) in [5, 5.41) is 4.49. The molecule has 0 radical (unpaired) electrons. The predicted molar refractivity (Wildman–Crippen MR) is 94.8 cm³/mol. The van der Waals surface area contributed by atoms with Crippen LogP contribution in [0, 0.1) is 19.8 Å². The number of hydrogen-bond donors (Lipinski definition) is 0. The lowest BCUT2D eigenvalue weighted by Crippen LogP contribution is -2.49. The van der Waals surface area contributed by atoms with Crippen LogP contribution in [0.3, 0.4) is 0 Å². The van der Waals surface area contributed by atoms with Gasteiger partial charge in [0.1, 0.15) is 12.1 Å². The van der Waals surface area contributed by atoms with Crippen molar-refractivity contribution in [2.75, 3.05) is 31.1 Å². The molecule has 3 heterocycles. The molecular weight excluding hydrogens is 316 g/mol. The number of carbonyl (C=O) groups is 1. The lowest BCUT2D eigenvalue weighted by atomic mass is 10.2. The number of carbonyl (C=O) groups excluding carboxylic acids is 1. The van der Waals surface area contributed by atoms with E-state index in [1.807, 2.05) is 35.6 Å². The second-order valence-electron chi connectivity index (χ2n) is 7.09. The molecule has 0 atom stereocenters. The summed E-state index contributed by atoms with van der Waals surface area (Å²) in [5.74, 6) is 2.64. The minimum atomic E-state index is 0.313. The van der Waals surface area contributed by atoms with Crippen LogP contribution >= 0.6 is 0 Å². The lowest BCUT2D eigenvalue weighted by Gasteiger charge is -2.35. The van der Waals surface area contributed by atoms with Gasteiger partial charge < -0.3 is 9.80 Å². The fraction of sp³-hybridized carbons (Fsp3) is 0.556. The second-order valence-corrected chi connectivity index (χ2v) is 7.09. The van der Waals surface area contributed by atoms with Gasteiger partial charge in [-0.25, -0.2) is 14.6 Å². The van der Waals surface area contributed by atoms with E-state index in [0.29, 0.717) is 11.8 Å². The lowest BCUT2D eigenvalue weighted by molar-refractivity contribution is -0.131. The summed E-state index contributed by atoms with van der Waals surface area (Å²) in [4.78, 5) is 25.2. The first-order valence-electron chi connectivity index (χ1n) is 8.98. The van der Waals surface area contributed by atoms with E-state index in [4.69, 9.17) is 0 Å². The van der Waals surface area contributed by atoms with Crippen LogP contribution in [0.2, 0.25) is 0 Å². The van der Waals surface area contributed by atoms with Crippen LogP contribution in [0.4, 0.5) is 5.82 Å². The van der Waals surface area contributed by atoms with Crippen molar-refractivity contribution in [1.29, 1.82) is 0 Å². The molecule has 25 heavy (non-hydrogen) atoms. The minimum absolute atomic E-state index is 0.313. The third-order valence-electron chi connectivity index (χ3n) is 4.98. The topological polar surface area (TPSA) is 67.2 Å². The highest BCUT2D eigenvalue weighted by molar-refractivity contribution is 5.77. The van der Waals surface area contributed by atoms with Crippen LogP contribution in [-0.4, -0.2) is 56.7 Å². The Labute approximate surface area is 147 Å². The van der Waals surface area contributed by atoms with Crippen molar-refractivity contribution >= 4 is 11.7 Å². The Morgan fingerprint density at radius 2 is 1.80 bits per heavy atom. The van der Waals surface area contributed by atoms with Crippen LogP contribution < -0.4 is 4.90 Å². The van der Waals surface area contributed by atoms with Gasteiger partial charge in [-0.2, -0.15) is 5.10 Å². The molecule has 7 nitrogen and oxygen atoms in total. The molecule has 0 N–H and O–H groups in total. The number of piperazine rings is 1. The maximum atomic E-state index is 12.2. The van der Waals surface area contributed by atoms with Gasteiger partial charge in [-0.1, -0.05) is 0 Å². The highest BCUT2D eigenvalue weighted by Gasteiger charge is 2.29. The van der Waals surface area contributed by atoms with Gasteiger partial charge in [0.2, 0.25) is 5.91 Å². The number of hydrogen-bond acceptors (Lipinski definition) is 5. The summed E-state index contributed by atoms with van der Waals surface area (Å²) >= 11 is 0. The molecule has 1 amide bonds. The number of amides is 1. The molecule has 2 fully saturated rings. The molecule has 1 saturated heterocycles. The normalized spacial score (nSPS) is 17.8. The molecule has 7 heteroatoms. The Balaban J connectivity index is 1.43. The zero-order chi connectivity index (χ0) is 17.4. The van der Waals surface area contributed by atoms with Crippen molar-refractivity contribution in [2.45, 2.75) is 33.1 Å². The minimum Gasteiger partial charge on any atom is -0.353 e. The summed E-state index contributed by atoms with van der Waals surface area (Å²) in [6, 6.07) is 4.01. The Morgan fingerprint density at radius 3 is 2.44 bits per heavy atom. The molecule has 4 rings (SSSR count). The number of rotatable bonds is 4. The van der Waals surface area contributed by atoms with E-state index < -0.39 is 0 Å². The molecule has 0 aromatic carbocycles. The Morgan fingerprint density at radius 1 is 1.08 bits per heavy atom. The fourth-order valence-corrected chi connectivity index (χ4v) is 3.37. The zero-order valence-corrected chi connectivity index (χ0v) is 14.9. The van der Waals surface area contributed by atoms with Crippen molar-refractivity contribution in [2.24, 2.45) is 5.92 Å². The average Bonchev–Trinajstić information content (AvgIpc) is 3.37. The van der Waals surface area contributed by atoms with Crippen molar-refractivity contribution in [3.63, 3.8) is 0 Å². The third kappa shape index (κ3) is 3.50. The maximum Gasteiger partial charge on any atom is 0.222 e. The molecule has 1 saturated carbocycles. The molecule has 0 bridgehead atoms. The maximum absolute atomic E-state index is 12.2. The summed E-state index contributed by atoms with van der Waals surface area (Å²) < 4.78 is 1.84. The first-order valence-corrected chi connectivity index (χ1v) is 8.98. The SMILES string of the molecule is Cc1cc(C)n(-c2cc(N3CCN(C(=O)CC4CC4)CC3)ncn2)n1. The van der Waals surface area contributed by atoms with Crippen LogP contribution in [0.15, 0.2) is 18.5 Å². The molecule has 2 aliphatic rings. The predicted octanol–water partition coefficient (Wildman–Crippen LogP) is 1.73. The van der Waals surface area contributed by atoms with E-state index in [1.54, 1.807) is 6.33 Å². The molecule has 1 aliphatic carbocycles. The van der Waals surface area contributed by atoms with Gasteiger partial charge in [0.15, 0.2) is 5.82 Å². The number of aryl methyl sites for hydroxylation is 2. The van der Waals surface area contributed by atoms with Crippen LogP contribution in [0.25, 0.3) is 5.82 Å². The van der Waals surface area contributed by atoms with Gasteiger partial charge in [0.25, 0.3) is 0 Å². The molecular formula is C18H24N6O. The van der Waals surface area contributed by atoms with Gasteiger partial charge in [-0.15, -0.1) is 0 Å². The molecule has 1 aliphatic heterocycles. The van der Waals surface area contributed by atoms with Gasteiger partial charge in [0, 0.05) is 44.4 Å². The highest BCUT2D eigenvalue weighted by atomic mass is 16.2. The van der Waals surface area contributed by atoms with Crippen LogP contribution in [0.5, 0.6) is 0 Å². The monoisotopic (exact) mass is 340 g/mol. The standard InChI is InChI=1S/C18H24N6O/c1-13-9-14(2)24(21-13)17-11-16(19-12-20-17)22-5-7-23(8-6-22)18(25)10-15-3-4-15/h9,11-12,15H,3-8,10H2,1-2H3. The van der Waals surface area contributed by atoms with Gasteiger partial charge >= 0.3 is 0 Å². The smallest absolute Gasteiger partial charge is 0.222 e. The largest absolute Gasteiger partial charge is 0.353 e. The van der Waals surface area contributed by atoms with E-state index in [1.165, 1.54) is 12.8 Å². The van der Waals surface area contributed by atoms with Gasteiger partial charge in [-0.3, -0.25) is 4.79 Å². The number of aromatic nitrogens is 4. The summed E-state index contributed by atoms with van der Waals surface area (Å²) in [6.07, 6.45) is 4.77. The Kier molecular flexibility index (Phi) is 4.15. The van der Waals surface area contributed by atoms with Crippen LogP contribution in [0.1, 0.15) is 30.7 Å². The molecule has 132 valence electrons. The third-order valence-corrected chi connectivity index (χ3v) is 4.98. The molecule has 2 aromatic rings. The van der Waals surface area contributed by atoms with Gasteiger partial charge in [-0.05, 0) is 38.7 Å². The van der Waals surface area contributed by atoms with E-state index in [-0.39, 0.29) is 0 Å². The summed E-state index contributed by atoms with van der Waals surface area (Å²) in [6.45, 7) is 7.15. The second kappa shape index (κ2) is 6.46. The fourth-order valence-electron chi connectivity index (χ4n) is 3.37. The van der Waals surface area contributed by atoms with E-state index in [2.05, 4.69) is 20.0 Å². The Bertz CT molecular complexity index is 774. The van der Waals surface area contributed by atoms with Crippen molar-refractivity contribution < 1.29 is 4.79 Å². The summed E-state index contributed by atoms with van der Waals surface area (Å²) in [7, 11) is 0. The Hall–Kier alpha value is -2.44. The number of anilines is 1.